The molecule has 2 heterocycles. The minimum absolute atomic E-state index is 0.117. The Kier molecular flexibility index (Phi) is 3.84. The molecule has 2 amide bonds. The number of aromatic nitrogens is 1. The summed E-state index contributed by atoms with van der Waals surface area (Å²) >= 11 is 1.57. The van der Waals surface area contributed by atoms with Crippen molar-refractivity contribution in [3.8, 4) is 5.75 Å². The van der Waals surface area contributed by atoms with Gasteiger partial charge in [0.15, 0.2) is 5.13 Å². The molecule has 7 nitrogen and oxygen atoms in total. The van der Waals surface area contributed by atoms with Crippen molar-refractivity contribution in [2.45, 2.75) is 0 Å². The lowest BCUT2D eigenvalue weighted by Crippen LogP contribution is -2.54. The third-order valence-corrected chi connectivity index (χ3v) is 4.63. The van der Waals surface area contributed by atoms with Crippen molar-refractivity contribution in [2.24, 2.45) is 11.7 Å². The summed E-state index contributed by atoms with van der Waals surface area (Å²) in [5, 5.41) is 3.40. The van der Waals surface area contributed by atoms with Gasteiger partial charge in [-0.25, -0.2) is 4.98 Å². The normalized spacial score (nSPS) is 14.7. The van der Waals surface area contributed by atoms with Crippen LogP contribution in [0.3, 0.4) is 0 Å². The largest absolute Gasteiger partial charge is 0.494 e. The Morgan fingerprint density at radius 1 is 1.50 bits per heavy atom. The number of primary amides is 1. The molecule has 3 rings (SSSR count). The van der Waals surface area contributed by atoms with Crippen LogP contribution < -0.4 is 20.7 Å². The Bertz CT molecular complexity index is 724. The number of rotatable bonds is 5. The first-order chi connectivity index (χ1) is 10.6. The van der Waals surface area contributed by atoms with Crippen molar-refractivity contribution in [1.82, 2.24) is 10.3 Å². The molecule has 8 heteroatoms. The second-order valence-corrected chi connectivity index (χ2v) is 6.10. The first-order valence-corrected chi connectivity index (χ1v) is 7.64. The van der Waals surface area contributed by atoms with E-state index in [1.54, 1.807) is 18.4 Å². The van der Waals surface area contributed by atoms with E-state index in [4.69, 9.17) is 10.5 Å². The standard InChI is InChI=1S/C14H16N4O3S/c1-21-9-3-2-4-10-12(9)17-14(22-10)18-6-8(7-18)13(20)16-5-11(15)19/h2-4,8H,5-7H2,1H3,(H2,15,19)(H,16,20). The van der Waals surface area contributed by atoms with Gasteiger partial charge < -0.3 is 20.7 Å². The molecule has 22 heavy (non-hydrogen) atoms. The Morgan fingerprint density at radius 3 is 2.95 bits per heavy atom. The number of carbonyl (C=O) groups is 2. The Morgan fingerprint density at radius 2 is 2.27 bits per heavy atom. The van der Waals surface area contributed by atoms with Crippen molar-refractivity contribution in [2.75, 3.05) is 31.6 Å². The fourth-order valence-corrected chi connectivity index (χ4v) is 3.33. The van der Waals surface area contributed by atoms with E-state index in [1.807, 2.05) is 23.1 Å². The molecule has 0 radical (unpaired) electrons. The highest BCUT2D eigenvalue weighted by molar-refractivity contribution is 7.22. The van der Waals surface area contributed by atoms with Gasteiger partial charge in [-0.2, -0.15) is 0 Å². The highest BCUT2D eigenvalue weighted by atomic mass is 32.1. The molecule has 2 aromatic rings. The number of amides is 2. The average molecular weight is 320 g/mol. The molecule has 0 unspecified atom stereocenters. The van der Waals surface area contributed by atoms with Gasteiger partial charge in [0.05, 0.1) is 24.3 Å². The summed E-state index contributed by atoms with van der Waals surface area (Å²) in [6, 6.07) is 5.80. The van der Waals surface area contributed by atoms with E-state index in [1.165, 1.54) is 0 Å². The monoisotopic (exact) mass is 320 g/mol. The molecule has 116 valence electrons. The fraction of sp³-hybridized carbons (Fsp3) is 0.357. The lowest BCUT2D eigenvalue weighted by molar-refractivity contribution is -0.128. The predicted octanol–water partition coefficient (Wildman–Crippen LogP) is 0.343. The Hall–Kier alpha value is -2.35. The lowest BCUT2D eigenvalue weighted by atomic mass is 10.0. The summed E-state index contributed by atoms with van der Waals surface area (Å²) in [4.78, 5) is 29.1. The number of fused-ring (bicyclic) bond motifs is 1. The minimum Gasteiger partial charge on any atom is -0.494 e. The van der Waals surface area contributed by atoms with Crippen LogP contribution in [-0.4, -0.2) is 43.5 Å². The van der Waals surface area contributed by atoms with E-state index in [-0.39, 0.29) is 18.4 Å². The number of nitrogens with one attached hydrogen (secondary N) is 1. The van der Waals surface area contributed by atoms with E-state index in [9.17, 15) is 9.59 Å². The Labute approximate surface area is 131 Å². The molecule has 1 aromatic carbocycles. The van der Waals surface area contributed by atoms with Crippen LogP contribution in [0.1, 0.15) is 0 Å². The number of anilines is 1. The maximum atomic E-state index is 11.8. The maximum absolute atomic E-state index is 11.8. The van der Waals surface area contributed by atoms with Crippen molar-refractivity contribution >= 4 is 38.5 Å². The van der Waals surface area contributed by atoms with Gasteiger partial charge >= 0.3 is 0 Å². The first kappa shape index (κ1) is 14.6. The van der Waals surface area contributed by atoms with Gasteiger partial charge in [-0.1, -0.05) is 17.4 Å². The summed E-state index contributed by atoms with van der Waals surface area (Å²) in [6.45, 7) is 1.06. The number of nitrogens with two attached hydrogens (primary N) is 1. The number of thiazole rings is 1. The van der Waals surface area contributed by atoms with Crippen molar-refractivity contribution in [3.63, 3.8) is 0 Å². The molecule has 0 bridgehead atoms. The summed E-state index contributed by atoms with van der Waals surface area (Å²) < 4.78 is 6.36. The molecule has 1 fully saturated rings. The highest BCUT2D eigenvalue weighted by Gasteiger charge is 2.34. The predicted molar refractivity (Wildman–Crippen MR) is 84.1 cm³/mol. The number of nitrogens with zero attached hydrogens (tertiary/aromatic N) is 2. The van der Waals surface area contributed by atoms with Crippen LogP contribution in [0.15, 0.2) is 18.2 Å². The molecule has 0 spiro atoms. The van der Waals surface area contributed by atoms with Crippen molar-refractivity contribution in [1.29, 1.82) is 0 Å². The van der Waals surface area contributed by atoms with Crippen LogP contribution in [0.2, 0.25) is 0 Å². The van der Waals surface area contributed by atoms with Crippen LogP contribution in [0, 0.1) is 5.92 Å². The van der Waals surface area contributed by atoms with Crippen molar-refractivity contribution in [3.05, 3.63) is 18.2 Å². The molecule has 0 aliphatic carbocycles. The molecule has 1 aromatic heterocycles. The Balaban J connectivity index is 1.65. The third-order valence-electron chi connectivity index (χ3n) is 3.55. The van der Waals surface area contributed by atoms with Crippen LogP contribution >= 0.6 is 11.3 Å². The van der Waals surface area contributed by atoms with Gasteiger partial charge in [0.2, 0.25) is 11.8 Å². The van der Waals surface area contributed by atoms with E-state index < -0.39 is 5.91 Å². The fourth-order valence-electron chi connectivity index (χ4n) is 2.33. The number of ether oxygens (including phenoxy) is 1. The molecular weight excluding hydrogens is 304 g/mol. The average Bonchev–Trinajstić information content (AvgIpc) is 2.86. The number of para-hydroxylation sites is 1. The van der Waals surface area contributed by atoms with Crippen LogP contribution in [-0.2, 0) is 9.59 Å². The second kappa shape index (κ2) is 5.80. The highest BCUT2D eigenvalue weighted by Crippen LogP contribution is 2.36. The number of hydrogen-bond acceptors (Lipinski definition) is 6. The molecule has 0 atom stereocenters. The minimum atomic E-state index is -0.539. The second-order valence-electron chi connectivity index (χ2n) is 5.09. The molecule has 0 saturated carbocycles. The van der Waals surface area contributed by atoms with E-state index in [0.29, 0.717) is 13.1 Å². The quantitative estimate of drug-likeness (QED) is 0.828. The zero-order valence-electron chi connectivity index (χ0n) is 12.0. The van der Waals surface area contributed by atoms with E-state index >= 15 is 0 Å². The first-order valence-electron chi connectivity index (χ1n) is 6.83. The number of benzene rings is 1. The van der Waals surface area contributed by atoms with Gasteiger partial charge in [-0.05, 0) is 12.1 Å². The SMILES string of the molecule is COc1cccc2sc(N3CC(C(=O)NCC(N)=O)C3)nc12. The van der Waals surface area contributed by atoms with E-state index in [2.05, 4.69) is 10.3 Å². The van der Waals surface area contributed by atoms with Crippen LogP contribution in [0.4, 0.5) is 5.13 Å². The van der Waals surface area contributed by atoms with E-state index in [0.717, 1.165) is 21.1 Å². The number of carbonyl (C=O) groups excluding carboxylic acids is 2. The molecule has 1 saturated heterocycles. The summed E-state index contributed by atoms with van der Waals surface area (Å²) in [5.74, 6) is -0.0685. The van der Waals surface area contributed by atoms with Gasteiger partial charge in [0, 0.05) is 13.1 Å². The van der Waals surface area contributed by atoms with Crippen LogP contribution in [0.25, 0.3) is 10.2 Å². The summed E-state index contributed by atoms with van der Waals surface area (Å²) in [7, 11) is 1.62. The molecule has 1 aliphatic rings. The summed E-state index contributed by atoms with van der Waals surface area (Å²) in [5.41, 5.74) is 5.84. The van der Waals surface area contributed by atoms with Crippen LogP contribution in [0.5, 0.6) is 5.75 Å². The smallest absolute Gasteiger partial charge is 0.236 e. The third kappa shape index (κ3) is 2.69. The lowest BCUT2D eigenvalue weighted by Gasteiger charge is -2.37. The number of hydrogen-bond donors (Lipinski definition) is 2. The topological polar surface area (TPSA) is 97.5 Å². The van der Waals surface area contributed by atoms with Crippen molar-refractivity contribution < 1.29 is 14.3 Å². The molecule has 3 N–H and O–H groups in total. The maximum Gasteiger partial charge on any atom is 0.236 e. The number of methoxy groups -OCH3 is 1. The molecular formula is C14H16N4O3S. The summed E-state index contributed by atoms with van der Waals surface area (Å²) in [6.07, 6.45) is 0. The molecule has 1 aliphatic heterocycles. The zero-order chi connectivity index (χ0) is 15.7. The van der Waals surface area contributed by atoms with Gasteiger partial charge in [0.1, 0.15) is 11.3 Å². The van der Waals surface area contributed by atoms with Gasteiger partial charge in [0.25, 0.3) is 0 Å². The zero-order valence-corrected chi connectivity index (χ0v) is 12.9. The van der Waals surface area contributed by atoms with Gasteiger partial charge in [-0.3, -0.25) is 9.59 Å². The van der Waals surface area contributed by atoms with Gasteiger partial charge in [-0.15, -0.1) is 0 Å².